The van der Waals surface area contributed by atoms with E-state index in [1.54, 1.807) is 13.1 Å². The van der Waals surface area contributed by atoms with E-state index in [0.29, 0.717) is 0 Å². The number of rotatable bonds is 1. The first-order valence-corrected chi connectivity index (χ1v) is 4.33. The summed E-state index contributed by atoms with van der Waals surface area (Å²) in [6.45, 7) is 0. The van der Waals surface area contributed by atoms with Crippen molar-refractivity contribution in [1.82, 2.24) is 0 Å². The zero-order chi connectivity index (χ0) is 9.97. The van der Waals surface area contributed by atoms with Crippen LogP contribution in [-0.4, -0.2) is 12.2 Å². The normalized spacial score (nSPS) is 11.2. The molecule has 2 rings (SSSR count). The fraction of sp³-hybridized carbons (Fsp3) is 0.0909. The van der Waals surface area contributed by atoms with Crippen molar-refractivity contribution < 1.29 is 5.11 Å². The average Bonchev–Trinajstić information content (AvgIpc) is 2.20. The van der Waals surface area contributed by atoms with Crippen molar-refractivity contribution in [2.45, 2.75) is 0 Å². The van der Waals surface area contributed by atoms with Crippen LogP contribution in [0.25, 0.3) is 10.8 Å². The van der Waals surface area contributed by atoms with E-state index in [9.17, 15) is 5.11 Å². The minimum Gasteiger partial charge on any atom is -0.507 e. The molecule has 0 atom stereocenters. The number of aromatic hydroxyl groups is 1. The van der Waals surface area contributed by atoms with Gasteiger partial charge in [0.05, 0.1) is 5.69 Å². The standard InChI is InChI=1S/C11H10N2O/c1-12-13-9-6-5-8-3-2-4-11(14)10(8)7-9/h2-7,14H,1H3. The predicted octanol–water partition coefficient (Wildman–Crippen LogP) is 3.26. The van der Waals surface area contributed by atoms with Gasteiger partial charge in [-0.2, -0.15) is 10.2 Å². The highest BCUT2D eigenvalue weighted by Crippen LogP contribution is 2.28. The topological polar surface area (TPSA) is 45.0 Å². The summed E-state index contributed by atoms with van der Waals surface area (Å²) in [6, 6.07) is 11.0. The second kappa shape index (κ2) is 3.46. The second-order valence-electron chi connectivity index (χ2n) is 2.98. The molecule has 0 bridgehead atoms. The van der Waals surface area contributed by atoms with Gasteiger partial charge < -0.3 is 5.11 Å². The van der Waals surface area contributed by atoms with E-state index in [1.807, 2.05) is 30.3 Å². The number of nitrogens with zero attached hydrogens (tertiary/aromatic N) is 2. The molecule has 0 aliphatic rings. The number of phenolic OH excluding ortho intramolecular Hbond substituents is 1. The summed E-state index contributed by atoms with van der Waals surface area (Å²) in [5.41, 5.74) is 0.751. The van der Waals surface area contributed by atoms with Crippen LogP contribution in [0.1, 0.15) is 0 Å². The lowest BCUT2D eigenvalue weighted by Gasteiger charge is -2.00. The maximum Gasteiger partial charge on any atom is 0.123 e. The van der Waals surface area contributed by atoms with Crippen LogP contribution in [0, 0.1) is 0 Å². The van der Waals surface area contributed by atoms with Gasteiger partial charge in [-0.15, -0.1) is 0 Å². The molecule has 0 aliphatic heterocycles. The first kappa shape index (κ1) is 8.69. The molecule has 0 aromatic heterocycles. The Morgan fingerprint density at radius 2 is 2.00 bits per heavy atom. The van der Waals surface area contributed by atoms with Gasteiger partial charge in [0, 0.05) is 12.4 Å². The molecule has 0 radical (unpaired) electrons. The summed E-state index contributed by atoms with van der Waals surface area (Å²) in [6.07, 6.45) is 0. The zero-order valence-corrected chi connectivity index (χ0v) is 7.81. The summed E-state index contributed by atoms with van der Waals surface area (Å²) >= 11 is 0. The van der Waals surface area contributed by atoms with Crippen LogP contribution in [0.5, 0.6) is 5.75 Å². The van der Waals surface area contributed by atoms with Gasteiger partial charge >= 0.3 is 0 Å². The number of benzene rings is 2. The first-order chi connectivity index (χ1) is 6.81. The van der Waals surface area contributed by atoms with Crippen LogP contribution in [0.15, 0.2) is 46.6 Å². The van der Waals surface area contributed by atoms with E-state index in [1.165, 1.54) is 0 Å². The molecule has 14 heavy (non-hydrogen) atoms. The van der Waals surface area contributed by atoms with Crippen LogP contribution in [0.4, 0.5) is 5.69 Å². The molecular formula is C11H10N2O. The SMILES string of the molecule is CN=Nc1ccc2cccc(O)c2c1. The summed E-state index contributed by atoms with van der Waals surface area (Å²) in [7, 11) is 1.62. The monoisotopic (exact) mass is 186 g/mol. The van der Waals surface area contributed by atoms with E-state index in [0.717, 1.165) is 16.5 Å². The van der Waals surface area contributed by atoms with Gasteiger partial charge in [0.2, 0.25) is 0 Å². The summed E-state index contributed by atoms with van der Waals surface area (Å²) in [5, 5.41) is 19.0. The molecule has 3 nitrogen and oxygen atoms in total. The number of hydrogen-bond acceptors (Lipinski definition) is 3. The Labute approximate surface area is 81.7 Å². The third-order valence-electron chi connectivity index (χ3n) is 2.06. The lowest BCUT2D eigenvalue weighted by Crippen LogP contribution is -1.73. The molecule has 0 unspecified atom stereocenters. The van der Waals surface area contributed by atoms with Crippen molar-refractivity contribution in [2.24, 2.45) is 10.2 Å². The Hall–Kier alpha value is -1.90. The van der Waals surface area contributed by atoms with Crippen LogP contribution < -0.4 is 0 Å². The average molecular weight is 186 g/mol. The van der Waals surface area contributed by atoms with Crippen molar-refractivity contribution in [3.8, 4) is 5.75 Å². The molecule has 0 fully saturated rings. The number of hydrogen-bond donors (Lipinski definition) is 1. The van der Waals surface area contributed by atoms with Gasteiger partial charge in [0.1, 0.15) is 5.75 Å². The van der Waals surface area contributed by atoms with Crippen LogP contribution in [0.2, 0.25) is 0 Å². The van der Waals surface area contributed by atoms with Gasteiger partial charge in [-0.1, -0.05) is 18.2 Å². The van der Waals surface area contributed by atoms with Crippen molar-refractivity contribution in [3.63, 3.8) is 0 Å². The highest BCUT2D eigenvalue weighted by Gasteiger charge is 1.99. The van der Waals surface area contributed by atoms with E-state index < -0.39 is 0 Å². The number of fused-ring (bicyclic) bond motifs is 1. The number of azo groups is 1. The summed E-state index contributed by atoms with van der Waals surface area (Å²) in [4.78, 5) is 0. The van der Waals surface area contributed by atoms with E-state index in [2.05, 4.69) is 10.2 Å². The molecule has 0 spiro atoms. The second-order valence-corrected chi connectivity index (χ2v) is 2.98. The molecule has 0 saturated heterocycles. The molecule has 3 heteroatoms. The molecular weight excluding hydrogens is 176 g/mol. The van der Waals surface area contributed by atoms with Crippen LogP contribution in [0.3, 0.4) is 0 Å². The van der Waals surface area contributed by atoms with Crippen molar-refractivity contribution in [2.75, 3.05) is 7.05 Å². The summed E-state index contributed by atoms with van der Waals surface area (Å²) in [5.74, 6) is 0.274. The quantitative estimate of drug-likeness (QED) is 0.682. The van der Waals surface area contributed by atoms with E-state index >= 15 is 0 Å². The summed E-state index contributed by atoms with van der Waals surface area (Å²) < 4.78 is 0. The fourth-order valence-corrected chi connectivity index (χ4v) is 1.42. The number of phenols is 1. The van der Waals surface area contributed by atoms with Crippen LogP contribution in [-0.2, 0) is 0 Å². The maximum absolute atomic E-state index is 9.59. The molecule has 0 aliphatic carbocycles. The van der Waals surface area contributed by atoms with Gasteiger partial charge in [-0.25, -0.2) is 0 Å². The minimum absolute atomic E-state index is 0.274. The predicted molar refractivity (Wildman–Crippen MR) is 56.1 cm³/mol. The van der Waals surface area contributed by atoms with Gasteiger partial charge in [0.15, 0.2) is 0 Å². The largest absolute Gasteiger partial charge is 0.507 e. The third kappa shape index (κ3) is 1.44. The zero-order valence-electron chi connectivity index (χ0n) is 7.81. The molecule has 2 aromatic carbocycles. The van der Waals surface area contributed by atoms with E-state index in [-0.39, 0.29) is 5.75 Å². The van der Waals surface area contributed by atoms with Crippen molar-refractivity contribution >= 4 is 16.5 Å². The fourth-order valence-electron chi connectivity index (χ4n) is 1.42. The maximum atomic E-state index is 9.59. The van der Waals surface area contributed by atoms with Gasteiger partial charge in [0.25, 0.3) is 0 Å². The van der Waals surface area contributed by atoms with E-state index in [4.69, 9.17) is 0 Å². The van der Waals surface area contributed by atoms with Crippen molar-refractivity contribution in [3.05, 3.63) is 36.4 Å². The van der Waals surface area contributed by atoms with Crippen LogP contribution >= 0.6 is 0 Å². The third-order valence-corrected chi connectivity index (χ3v) is 2.06. The molecule has 1 N–H and O–H groups in total. The lowest BCUT2D eigenvalue weighted by molar-refractivity contribution is 0.481. The molecule has 0 heterocycles. The molecule has 0 saturated carbocycles. The first-order valence-electron chi connectivity index (χ1n) is 4.33. The van der Waals surface area contributed by atoms with Gasteiger partial charge in [-0.05, 0) is 23.6 Å². The Kier molecular flexibility index (Phi) is 2.14. The van der Waals surface area contributed by atoms with Crippen molar-refractivity contribution in [1.29, 1.82) is 0 Å². The van der Waals surface area contributed by atoms with Gasteiger partial charge in [-0.3, -0.25) is 0 Å². The Bertz CT molecular complexity index is 492. The molecule has 2 aromatic rings. The Morgan fingerprint density at radius 3 is 2.79 bits per heavy atom. The Balaban J connectivity index is 2.69. The lowest BCUT2D eigenvalue weighted by atomic mass is 10.1. The smallest absolute Gasteiger partial charge is 0.123 e. The highest BCUT2D eigenvalue weighted by molar-refractivity contribution is 5.90. The molecule has 0 amide bonds. The highest BCUT2D eigenvalue weighted by atomic mass is 16.3. The Morgan fingerprint density at radius 1 is 1.14 bits per heavy atom. The minimum atomic E-state index is 0.274. The molecule has 70 valence electrons.